The zero-order chi connectivity index (χ0) is 12.8. The van der Waals surface area contributed by atoms with E-state index in [2.05, 4.69) is 0 Å². The van der Waals surface area contributed by atoms with Crippen LogP contribution < -0.4 is 0 Å². The van der Waals surface area contributed by atoms with Crippen molar-refractivity contribution in [2.45, 2.75) is 38.5 Å². The third kappa shape index (κ3) is 3.95. The van der Waals surface area contributed by atoms with Gasteiger partial charge in [0.05, 0.1) is 0 Å². The van der Waals surface area contributed by atoms with Crippen LogP contribution in [0.25, 0.3) is 0 Å². The molecule has 2 rings (SSSR count). The number of aliphatic hydroxyl groups excluding tert-OH is 1. The van der Waals surface area contributed by atoms with Crippen molar-refractivity contribution in [3.8, 4) is 0 Å². The van der Waals surface area contributed by atoms with Crippen LogP contribution in [-0.4, -0.2) is 48.8 Å². The molecule has 2 aliphatic heterocycles. The molecule has 1 N–H and O–H groups in total. The van der Waals surface area contributed by atoms with E-state index in [4.69, 9.17) is 9.84 Å². The number of carbonyl (C=O) groups is 1. The molecule has 0 radical (unpaired) electrons. The summed E-state index contributed by atoms with van der Waals surface area (Å²) >= 11 is 0. The lowest BCUT2D eigenvalue weighted by molar-refractivity contribution is -0.133. The van der Waals surface area contributed by atoms with Crippen molar-refractivity contribution in [1.29, 1.82) is 0 Å². The van der Waals surface area contributed by atoms with Gasteiger partial charge in [-0.1, -0.05) is 0 Å². The van der Waals surface area contributed by atoms with Gasteiger partial charge < -0.3 is 14.7 Å². The van der Waals surface area contributed by atoms with Gasteiger partial charge in [-0.25, -0.2) is 0 Å². The van der Waals surface area contributed by atoms with Crippen molar-refractivity contribution < 1.29 is 14.6 Å². The second-order valence-corrected chi connectivity index (χ2v) is 5.65. The summed E-state index contributed by atoms with van der Waals surface area (Å²) in [5.74, 6) is 1.13. The summed E-state index contributed by atoms with van der Waals surface area (Å²) in [5.41, 5.74) is 0. The monoisotopic (exact) mass is 255 g/mol. The number of hydrogen-bond donors (Lipinski definition) is 1. The van der Waals surface area contributed by atoms with E-state index < -0.39 is 0 Å². The summed E-state index contributed by atoms with van der Waals surface area (Å²) in [4.78, 5) is 14.0. The Hall–Kier alpha value is -0.610. The molecular formula is C14H25NO3. The largest absolute Gasteiger partial charge is 0.396 e. The number of carbonyl (C=O) groups excluding carboxylic acids is 1. The lowest BCUT2D eigenvalue weighted by Crippen LogP contribution is -2.41. The molecule has 0 aromatic carbocycles. The minimum absolute atomic E-state index is 0.209. The van der Waals surface area contributed by atoms with E-state index in [1.807, 2.05) is 4.90 Å². The topological polar surface area (TPSA) is 49.8 Å². The summed E-state index contributed by atoms with van der Waals surface area (Å²) in [5, 5.41) is 9.17. The Morgan fingerprint density at radius 1 is 1.28 bits per heavy atom. The Morgan fingerprint density at radius 3 is 2.83 bits per heavy atom. The molecule has 1 amide bonds. The first-order chi connectivity index (χ1) is 8.79. The first-order valence-electron chi connectivity index (χ1n) is 7.26. The van der Waals surface area contributed by atoms with Gasteiger partial charge in [0.2, 0.25) is 5.91 Å². The molecule has 0 spiro atoms. The van der Waals surface area contributed by atoms with Crippen molar-refractivity contribution in [1.82, 2.24) is 4.90 Å². The minimum atomic E-state index is 0.209. The molecule has 4 heteroatoms. The smallest absolute Gasteiger partial charge is 0.222 e. The standard InChI is InChI=1S/C14H25NO3/c16-10-13-3-1-7-15(9-13)14(17)6-5-12-4-2-8-18-11-12/h12-13,16H,1-11H2. The maximum absolute atomic E-state index is 12.1. The van der Waals surface area contributed by atoms with E-state index >= 15 is 0 Å². The summed E-state index contributed by atoms with van der Waals surface area (Å²) < 4.78 is 5.44. The summed E-state index contributed by atoms with van der Waals surface area (Å²) in [6.07, 6.45) is 6.02. The van der Waals surface area contributed by atoms with Crippen LogP contribution in [0.2, 0.25) is 0 Å². The molecule has 0 aromatic rings. The highest BCUT2D eigenvalue weighted by Crippen LogP contribution is 2.21. The second-order valence-electron chi connectivity index (χ2n) is 5.65. The summed E-state index contributed by atoms with van der Waals surface area (Å²) in [6.45, 7) is 3.54. The molecule has 2 saturated heterocycles. The Labute approximate surface area is 109 Å². The molecule has 2 fully saturated rings. The van der Waals surface area contributed by atoms with Crippen LogP contribution in [0, 0.1) is 11.8 Å². The van der Waals surface area contributed by atoms with Gasteiger partial charge in [-0.05, 0) is 43.9 Å². The lowest BCUT2D eigenvalue weighted by atomic mass is 9.95. The normalized spacial score (nSPS) is 29.3. The third-order valence-corrected chi connectivity index (χ3v) is 4.15. The van der Waals surface area contributed by atoms with E-state index in [1.54, 1.807) is 0 Å². The quantitative estimate of drug-likeness (QED) is 0.826. The number of nitrogens with zero attached hydrogens (tertiary/aromatic N) is 1. The first kappa shape index (κ1) is 13.8. The molecule has 2 unspecified atom stereocenters. The fourth-order valence-corrected chi connectivity index (χ4v) is 2.96. The average Bonchev–Trinajstić information content (AvgIpc) is 2.46. The van der Waals surface area contributed by atoms with E-state index in [0.29, 0.717) is 18.3 Å². The number of piperidine rings is 1. The SMILES string of the molecule is O=C(CCC1CCCOC1)N1CCCC(CO)C1. The fraction of sp³-hybridized carbons (Fsp3) is 0.929. The Morgan fingerprint density at radius 2 is 2.11 bits per heavy atom. The molecule has 0 saturated carbocycles. The lowest BCUT2D eigenvalue weighted by Gasteiger charge is -2.32. The van der Waals surface area contributed by atoms with Gasteiger partial charge in [0, 0.05) is 39.3 Å². The fourth-order valence-electron chi connectivity index (χ4n) is 2.96. The third-order valence-electron chi connectivity index (χ3n) is 4.15. The van der Waals surface area contributed by atoms with Crippen LogP contribution in [0.5, 0.6) is 0 Å². The molecule has 0 aromatic heterocycles. The maximum atomic E-state index is 12.1. The minimum Gasteiger partial charge on any atom is -0.396 e. The van der Waals surface area contributed by atoms with Gasteiger partial charge in [-0.15, -0.1) is 0 Å². The number of ether oxygens (including phenoxy) is 1. The number of likely N-dealkylation sites (tertiary alicyclic amines) is 1. The van der Waals surface area contributed by atoms with Gasteiger partial charge in [0.25, 0.3) is 0 Å². The van der Waals surface area contributed by atoms with Crippen LogP contribution in [0.4, 0.5) is 0 Å². The Balaban J connectivity index is 1.70. The van der Waals surface area contributed by atoms with Crippen LogP contribution in [0.3, 0.4) is 0 Å². The molecule has 2 aliphatic rings. The van der Waals surface area contributed by atoms with Crippen molar-refractivity contribution in [2.24, 2.45) is 11.8 Å². The molecule has 0 aliphatic carbocycles. The van der Waals surface area contributed by atoms with Gasteiger partial charge in [0.1, 0.15) is 0 Å². The van der Waals surface area contributed by atoms with Gasteiger partial charge >= 0.3 is 0 Å². The van der Waals surface area contributed by atoms with E-state index in [9.17, 15) is 4.79 Å². The van der Waals surface area contributed by atoms with Crippen molar-refractivity contribution >= 4 is 5.91 Å². The molecular weight excluding hydrogens is 230 g/mol. The van der Waals surface area contributed by atoms with Gasteiger partial charge in [-0.3, -0.25) is 4.79 Å². The zero-order valence-electron chi connectivity index (χ0n) is 11.1. The number of amides is 1. The maximum Gasteiger partial charge on any atom is 0.222 e. The highest BCUT2D eigenvalue weighted by atomic mass is 16.5. The zero-order valence-corrected chi connectivity index (χ0v) is 11.1. The van der Waals surface area contributed by atoms with E-state index in [1.165, 1.54) is 6.42 Å². The van der Waals surface area contributed by atoms with Crippen LogP contribution >= 0.6 is 0 Å². The molecule has 2 heterocycles. The highest BCUT2D eigenvalue weighted by molar-refractivity contribution is 5.76. The molecule has 0 bridgehead atoms. The summed E-state index contributed by atoms with van der Waals surface area (Å²) in [6, 6.07) is 0. The molecule has 4 nitrogen and oxygen atoms in total. The van der Waals surface area contributed by atoms with Crippen LogP contribution in [0.15, 0.2) is 0 Å². The predicted molar refractivity (Wildman–Crippen MR) is 69.2 cm³/mol. The number of hydrogen-bond acceptors (Lipinski definition) is 3. The molecule has 2 atom stereocenters. The van der Waals surface area contributed by atoms with E-state index in [0.717, 1.165) is 52.0 Å². The van der Waals surface area contributed by atoms with Crippen molar-refractivity contribution in [3.05, 3.63) is 0 Å². The highest BCUT2D eigenvalue weighted by Gasteiger charge is 2.24. The summed E-state index contributed by atoms with van der Waals surface area (Å²) in [7, 11) is 0. The van der Waals surface area contributed by atoms with Gasteiger partial charge in [0.15, 0.2) is 0 Å². The van der Waals surface area contributed by atoms with E-state index in [-0.39, 0.29) is 12.5 Å². The molecule has 18 heavy (non-hydrogen) atoms. The number of aliphatic hydroxyl groups is 1. The van der Waals surface area contributed by atoms with Gasteiger partial charge in [-0.2, -0.15) is 0 Å². The van der Waals surface area contributed by atoms with Crippen LogP contribution in [-0.2, 0) is 9.53 Å². The van der Waals surface area contributed by atoms with Crippen molar-refractivity contribution in [2.75, 3.05) is 32.9 Å². The predicted octanol–water partition coefficient (Wildman–Crippen LogP) is 1.42. The average molecular weight is 255 g/mol. The van der Waals surface area contributed by atoms with Crippen molar-refractivity contribution in [3.63, 3.8) is 0 Å². The Kier molecular flexibility index (Phi) is 5.45. The Bertz CT molecular complexity index is 264. The number of rotatable bonds is 4. The first-order valence-corrected chi connectivity index (χ1v) is 7.26. The van der Waals surface area contributed by atoms with Crippen LogP contribution in [0.1, 0.15) is 38.5 Å². The molecule has 104 valence electrons. The second kappa shape index (κ2) is 7.10.